The molecule has 2 aliphatic rings. The summed E-state index contributed by atoms with van der Waals surface area (Å²) in [5, 5.41) is 0. The fourth-order valence-electron chi connectivity index (χ4n) is 3.67. The van der Waals surface area contributed by atoms with Gasteiger partial charge in [0.1, 0.15) is 5.82 Å². The molecule has 1 aromatic rings. The van der Waals surface area contributed by atoms with Crippen molar-refractivity contribution in [3.8, 4) is 0 Å². The van der Waals surface area contributed by atoms with Crippen molar-refractivity contribution in [3.63, 3.8) is 0 Å². The summed E-state index contributed by atoms with van der Waals surface area (Å²) in [6.45, 7) is 8.95. The minimum atomic E-state index is -3.23. The molecular weight excluding hydrogens is 382 g/mol. The Balaban J connectivity index is 1.76. The van der Waals surface area contributed by atoms with E-state index in [0.29, 0.717) is 37.1 Å². The predicted octanol–water partition coefficient (Wildman–Crippen LogP) is 1.99. The molecule has 28 heavy (non-hydrogen) atoms. The Morgan fingerprint density at radius 1 is 1.14 bits per heavy atom. The first-order valence-electron chi connectivity index (χ1n) is 9.65. The van der Waals surface area contributed by atoms with E-state index in [1.54, 1.807) is 19.2 Å². The smallest absolute Gasteiger partial charge is 0.399 e. The van der Waals surface area contributed by atoms with Crippen LogP contribution in [0.4, 0.5) is 10.1 Å². The molecule has 6 nitrogen and oxygen atoms in total. The van der Waals surface area contributed by atoms with Gasteiger partial charge in [-0.05, 0) is 46.6 Å². The van der Waals surface area contributed by atoms with Gasteiger partial charge in [0.2, 0.25) is 10.0 Å². The van der Waals surface area contributed by atoms with Gasteiger partial charge in [0.05, 0.1) is 23.1 Å². The Labute approximate surface area is 168 Å². The topological polar surface area (TPSA) is 59.1 Å². The highest BCUT2D eigenvalue weighted by Gasteiger charge is 2.52. The Morgan fingerprint density at radius 2 is 1.68 bits per heavy atom. The maximum Gasteiger partial charge on any atom is 0.497 e. The normalized spacial score (nSPS) is 22.9. The highest BCUT2D eigenvalue weighted by Crippen LogP contribution is 2.37. The summed E-state index contributed by atoms with van der Waals surface area (Å²) >= 11 is 0. The third-order valence-electron chi connectivity index (χ3n) is 6.36. The third kappa shape index (κ3) is 3.94. The molecule has 0 aliphatic carbocycles. The Bertz CT molecular complexity index is 822. The lowest BCUT2D eigenvalue weighted by molar-refractivity contribution is 0.00578. The van der Waals surface area contributed by atoms with Crippen molar-refractivity contribution in [2.75, 3.05) is 31.3 Å². The van der Waals surface area contributed by atoms with Gasteiger partial charge in [-0.1, -0.05) is 12.1 Å². The van der Waals surface area contributed by atoms with Crippen molar-refractivity contribution in [1.82, 2.24) is 4.31 Å². The summed E-state index contributed by atoms with van der Waals surface area (Å²) in [6, 6.07) is 5.21. The molecule has 1 aromatic carbocycles. The first-order chi connectivity index (χ1) is 12.8. The fourth-order valence-corrected chi connectivity index (χ4v) is 4.43. The molecule has 0 unspecified atom stereocenters. The van der Waals surface area contributed by atoms with Crippen LogP contribution in [0.1, 0.15) is 40.5 Å². The van der Waals surface area contributed by atoms with E-state index in [1.165, 1.54) is 10.6 Å². The predicted molar refractivity (Wildman–Crippen MR) is 110 cm³/mol. The van der Waals surface area contributed by atoms with Crippen LogP contribution in [-0.4, -0.2) is 63.5 Å². The summed E-state index contributed by atoms with van der Waals surface area (Å²) in [5.41, 5.74) is -0.164. The molecule has 0 aromatic heterocycles. The SMILES string of the molecule is CN(C1CCN(c2cccc(B3OC(C)(C)C(C)(C)O3)c2F)CC1)S(C)(=O)=O. The molecular formula is C19H30BFN2O4S. The summed E-state index contributed by atoms with van der Waals surface area (Å²) in [6.07, 6.45) is 2.53. The number of benzene rings is 1. The fraction of sp³-hybridized carbons (Fsp3) is 0.684. The lowest BCUT2D eigenvalue weighted by Gasteiger charge is -2.37. The molecule has 3 rings (SSSR count). The van der Waals surface area contributed by atoms with Crippen molar-refractivity contribution < 1.29 is 22.1 Å². The number of anilines is 1. The van der Waals surface area contributed by atoms with Crippen molar-refractivity contribution in [2.45, 2.75) is 57.8 Å². The minimum Gasteiger partial charge on any atom is -0.399 e. The van der Waals surface area contributed by atoms with E-state index >= 15 is 4.39 Å². The van der Waals surface area contributed by atoms with Crippen LogP contribution in [0.5, 0.6) is 0 Å². The van der Waals surface area contributed by atoms with Gasteiger partial charge >= 0.3 is 7.12 Å². The van der Waals surface area contributed by atoms with E-state index in [9.17, 15) is 8.42 Å². The summed E-state index contributed by atoms with van der Waals surface area (Å²) in [7, 11) is -2.37. The number of halogens is 1. The number of piperidine rings is 1. The lowest BCUT2D eigenvalue weighted by Crippen LogP contribution is -2.46. The molecule has 0 saturated carbocycles. The average molecular weight is 412 g/mol. The molecule has 0 N–H and O–H groups in total. The highest BCUT2D eigenvalue weighted by molar-refractivity contribution is 7.88. The van der Waals surface area contributed by atoms with Crippen LogP contribution in [-0.2, 0) is 19.3 Å². The molecule has 2 saturated heterocycles. The largest absolute Gasteiger partial charge is 0.497 e. The quantitative estimate of drug-likeness (QED) is 0.708. The third-order valence-corrected chi connectivity index (χ3v) is 7.70. The van der Waals surface area contributed by atoms with Crippen LogP contribution in [0, 0.1) is 5.82 Å². The monoisotopic (exact) mass is 412 g/mol. The van der Waals surface area contributed by atoms with Gasteiger partial charge in [0.15, 0.2) is 0 Å². The van der Waals surface area contributed by atoms with Gasteiger partial charge in [-0.3, -0.25) is 0 Å². The van der Waals surface area contributed by atoms with Crippen molar-refractivity contribution in [3.05, 3.63) is 24.0 Å². The van der Waals surface area contributed by atoms with E-state index in [4.69, 9.17) is 9.31 Å². The molecule has 0 radical (unpaired) electrons. The number of sulfonamides is 1. The zero-order valence-electron chi connectivity index (χ0n) is 17.5. The second-order valence-corrected chi connectivity index (χ2v) is 10.8. The second-order valence-electron chi connectivity index (χ2n) is 8.77. The Hall–Kier alpha value is -1.16. The molecule has 0 spiro atoms. The van der Waals surface area contributed by atoms with E-state index in [2.05, 4.69) is 0 Å². The van der Waals surface area contributed by atoms with Gasteiger partial charge in [-0.15, -0.1) is 0 Å². The summed E-state index contributed by atoms with van der Waals surface area (Å²) in [4.78, 5) is 1.97. The molecule has 0 amide bonds. The number of hydrogen-bond acceptors (Lipinski definition) is 5. The van der Waals surface area contributed by atoms with Crippen molar-refractivity contribution in [2.24, 2.45) is 0 Å². The van der Waals surface area contributed by atoms with Crippen molar-refractivity contribution in [1.29, 1.82) is 0 Å². The number of nitrogens with zero attached hydrogens (tertiary/aromatic N) is 2. The maximum absolute atomic E-state index is 15.3. The zero-order valence-corrected chi connectivity index (χ0v) is 18.3. The first kappa shape index (κ1) is 21.6. The van der Waals surface area contributed by atoms with Gasteiger partial charge < -0.3 is 14.2 Å². The van der Waals surface area contributed by atoms with Crippen LogP contribution in [0.3, 0.4) is 0 Å². The second kappa shape index (κ2) is 7.27. The van der Waals surface area contributed by atoms with Crippen LogP contribution < -0.4 is 10.4 Å². The van der Waals surface area contributed by atoms with Gasteiger partial charge in [0, 0.05) is 31.6 Å². The van der Waals surface area contributed by atoms with Gasteiger partial charge in [-0.2, -0.15) is 0 Å². The van der Waals surface area contributed by atoms with Crippen molar-refractivity contribution >= 4 is 28.3 Å². The molecule has 9 heteroatoms. The summed E-state index contributed by atoms with van der Waals surface area (Å²) < 4.78 is 52.3. The Kier molecular flexibility index (Phi) is 5.60. The van der Waals surface area contributed by atoms with Gasteiger partial charge in [-0.25, -0.2) is 17.1 Å². The molecule has 2 fully saturated rings. The molecule has 2 heterocycles. The van der Waals surface area contributed by atoms with Crippen LogP contribution in [0.15, 0.2) is 18.2 Å². The van der Waals surface area contributed by atoms with E-state index in [-0.39, 0.29) is 11.9 Å². The van der Waals surface area contributed by atoms with E-state index < -0.39 is 28.3 Å². The number of rotatable bonds is 4. The molecule has 156 valence electrons. The first-order valence-corrected chi connectivity index (χ1v) is 11.5. The van der Waals surface area contributed by atoms with Crippen LogP contribution in [0.2, 0.25) is 0 Å². The van der Waals surface area contributed by atoms with E-state index in [0.717, 1.165) is 0 Å². The van der Waals surface area contributed by atoms with Gasteiger partial charge in [0.25, 0.3) is 0 Å². The number of hydrogen-bond donors (Lipinski definition) is 0. The molecule has 0 atom stereocenters. The van der Waals surface area contributed by atoms with Crippen LogP contribution >= 0.6 is 0 Å². The standard InChI is InChI=1S/C19H30BFN2O4S/c1-18(2)19(3,4)27-20(26-18)15-8-7-9-16(17(15)21)23-12-10-14(11-13-23)22(5)28(6,24)25/h7-9,14H,10-13H2,1-6H3. The molecule has 2 aliphatic heterocycles. The van der Waals surface area contributed by atoms with Crippen LogP contribution in [0.25, 0.3) is 0 Å². The summed E-state index contributed by atoms with van der Waals surface area (Å²) in [5.74, 6) is -0.337. The zero-order chi connectivity index (χ0) is 20.9. The Morgan fingerprint density at radius 3 is 2.18 bits per heavy atom. The molecule has 0 bridgehead atoms. The highest BCUT2D eigenvalue weighted by atomic mass is 32.2. The maximum atomic E-state index is 15.3. The van der Waals surface area contributed by atoms with E-state index in [1.807, 2.05) is 38.7 Å². The minimum absolute atomic E-state index is 0.0550. The average Bonchev–Trinajstić information content (AvgIpc) is 2.81. The lowest BCUT2D eigenvalue weighted by atomic mass is 9.78.